The van der Waals surface area contributed by atoms with E-state index in [4.69, 9.17) is 4.74 Å². The van der Waals surface area contributed by atoms with Crippen LogP contribution in [0.2, 0.25) is 0 Å². The SMILES string of the molecule is C=C(C)C1=NC2(CCCC2)CO1. The molecule has 0 bridgehead atoms. The van der Waals surface area contributed by atoms with Crippen LogP contribution in [0, 0.1) is 0 Å². The molecule has 1 aliphatic carbocycles. The molecule has 0 radical (unpaired) electrons. The average Bonchev–Trinajstić information content (AvgIpc) is 2.62. The summed E-state index contributed by atoms with van der Waals surface area (Å²) in [7, 11) is 0. The van der Waals surface area contributed by atoms with E-state index in [1.807, 2.05) is 6.92 Å². The van der Waals surface area contributed by atoms with Gasteiger partial charge in [0.05, 0.1) is 5.54 Å². The Morgan fingerprint density at radius 3 is 2.67 bits per heavy atom. The normalized spacial score (nSPS) is 25.6. The number of nitrogens with zero attached hydrogens (tertiary/aromatic N) is 1. The maximum absolute atomic E-state index is 5.50. The van der Waals surface area contributed by atoms with Crippen molar-refractivity contribution in [3.8, 4) is 0 Å². The fraction of sp³-hybridized carbons (Fsp3) is 0.700. The van der Waals surface area contributed by atoms with E-state index in [9.17, 15) is 0 Å². The molecule has 0 N–H and O–H groups in total. The molecular weight excluding hydrogens is 150 g/mol. The van der Waals surface area contributed by atoms with Gasteiger partial charge in [0.1, 0.15) is 6.61 Å². The van der Waals surface area contributed by atoms with Crippen molar-refractivity contribution in [3.63, 3.8) is 0 Å². The molecule has 0 aromatic heterocycles. The van der Waals surface area contributed by atoms with Gasteiger partial charge in [-0.15, -0.1) is 0 Å². The molecule has 0 aromatic carbocycles. The van der Waals surface area contributed by atoms with E-state index < -0.39 is 0 Å². The average molecular weight is 165 g/mol. The van der Waals surface area contributed by atoms with Gasteiger partial charge in [0, 0.05) is 5.57 Å². The highest BCUT2D eigenvalue weighted by Crippen LogP contribution is 2.37. The molecule has 2 heteroatoms. The van der Waals surface area contributed by atoms with E-state index in [-0.39, 0.29) is 5.54 Å². The molecule has 1 aliphatic heterocycles. The van der Waals surface area contributed by atoms with Crippen molar-refractivity contribution in [2.75, 3.05) is 6.61 Å². The number of aliphatic imine (C=N–C) groups is 1. The molecule has 1 saturated carbocycles. The molecule has 0 atom stereocenters. The summed E-state index contributed by atoms with van der Waals surface area (Å²) < 4.78 is 5.50. The molecule has 1 spiro atoms. The first-order valence-electron chi connectivity index (χ1n) is 4.60. The maximum Gasteiger partial charge on any atom is 0.211 e. The van der Waals surface area contributed by atoms with E-state index in [1.165, 1.54) is 25.7 Å². The van der Waals surface area contributed by atoms with Crippen LogP contribution in [0.25, 0.3) is 0 Å². The third kappa shape index (κ3) is 1.15. The highest BCUT2D eigenvalue weighted by molar-refractivity contribution is 5.93. The van der Waals surface area contributed by atoms with Crippen LogP contribution in [-0.4, -0.2) is 18.0 Å². The summed E-state index contributed by atoms with van der Waals surface area (Å²) in [5.41, 5.74) is 1.10. The van der Waals surface area contributed by atoms with Gasteiger partial charge in [-0.25, -0.2) is 4.99 Å². The molecule has 12 heavy (non-hydrogen) atoms. The van der Waals surface area contributed by atoms with Gasteiger partial charge in [-0.05, 0) is 19.8 Å². The monoisotopic (exact) mass is 165 g/mol. The van der Waals surface area contributed by atoms with Gasteiger partial charge in [0.15, 0.2) is 0 Å². The van der Waals surface area contributed by atoms with E-state index in [0.717, 1.165) is 18.1 Å². The summed E-state index contributed by atoms with van der Waals surface area (Å²) in [6, 6.07) is 0. The lowest BCUT2D eigenvalue weighted by Gasteiger charge is -2.14. The van der Waals surface area contributed by atoms with Crippen LogP contribution < -0.4 is 0 Å². The Balaban J connectivity index is 2.17. The quantitative estimate of drug-likeness (QED) is 0.584. The minimum absolute atomic E-state index is 0.147. The van der Waals surface area contributed by atoms with Crippen LogP contribution in [-0.2, 0) is 4.74 Å². The smallest absolute Gasteiger partial charge is 0.211 e. The molecular formula is C10H15NO. The van der Waals surface area contributed by atoms with Crippen LogP contribution in [0.5, 0.6) is 0 Å². The predicted octanol–water partition coefficient (Wildman–Crippen LogP) is 2.30. The summed E-state index contributed by atoms with van der Waals surface area (Å²) in [6.07, 6.45) is 5.00. The Bertz CT molecular complexity index is 236. The zero-order valence-corrected chi connectivity index (χ0v) is 7.60. The molecule has 2 aliphatic rings. The predicted molar refractivity (Wildman–Crippen MR) is 49.4 cm³/mol. The highest BCUT2D eigenvalue weighted by atomic mass is 16.5. The van der Waals surface area contributed by atoms with E-state index in [0.29, 0.717) is 0 Å². The topological polar surface area (TPSA) is 21.6 Å². The standard InChI is InChI=1S/C10H15NO/c1-8(2)9-11-10(7-12-9)5-3-4-6-10/h1,3-7H2,2H3. The molecule has 0 saturated heterocycles. The van der Waals surface area contributed by atoms with Gasteiger partial charge in [-0.2, -0.15) is 0 Å². The number of hydrogen-bond donors (Lipinski definition) is 0. The molecule has 2 nitrogen and oxygen atoms in total. The minimum atomic E-state index is 0.147. The zero-order chi connectivity index (χ0) is 8.60. The van der Waals surface area contributed by atoms with Gasteiger partial charge in [0.2, 0.25) is 5.90 Å². The Kier molecular flexibility index (Phi) is 1.71. The lowest BCUT2D eigenvalue weighted by Crippen LogP contribution is -2.22. The van der Waals surface area contributed by atoms with Crippen molar-refractivity contribution < 1.29 is 4.74 Å². The Hall–Kier alpha value is -0.790. The largest absolute Gasteiger partial charge is 0.475 e. The minimum Gasteiger partial charge on any atom is -0.475 e. The van der Waals surface area contributed by atoms with Crippen molar-refractivity contribution >= 4 is 5.90 Å². The summed E-state index contributed by atoms with van der Waals surface area (Å²) in [5, 5.41) is 0. The van der Waals surface area contributed by atoms with Crippen LogP contribution in [0.15, 0.2) is 17.1 Å². The second-order valence-corrected chi connectivity index (χ2v) is 3.92. The van der Waals surface area contributed by atoms with Crippen molar-refractivity contribution in [2.45, 2.75) is 38.1 Å². The number of hydrogen-bond acceptors (Lipinski definition) is 2. The molecule has 0 unspecified atom stereocenters. The van der Waals surface area contributed by atoms with Crippen LogP contribution in [0.4, 0.5) is 0 Å². The van der Waals surface area contributed by atoms with Crippen molar-refractivity contribution in [3.05, 3.63) is 12.2 Å². The summed E-state index contributed by atoms with van der Waals surface area (Å²) in [5.74, 6) is 0.789. The Morgan fingerprint density at radius 1 is 1.50 bits per heavy atom. The first-order chi connectivity index (χ1) is 5.72. The van der Waals surface area contributed by atoms with Gasteiger partial charge >= 0.3 is 0 Å². The Labute approximate surface area is 73.3 Å². The molecule has 1 heterocycles. The van der Waals surface area contributed by atoms with Crippen LogP contribution in [0.1, 0.15) is 32.6 Å². The fourth-order valence-corrected chi connectivity index (χ4v) is 1.99. The number of rotatable bonds is 1. The van der Waals surface area contributed by atoms with E-state index >= 15 is 0 Å². The summed E-state index contributed by atoms with van der Waals surface area (Å²) in [6.45, 7) is 6.57. The van der Waals surface area contributed by atoms with Crippen molar-refractivity contribution in [1.29, 1.82) is 0 Å². The molecule has 0 aromatic rings. The molecule has 0 amide bonds. The summed E-state index contributed by atoms with van der Waals surface area (Å²) >= 11 is 0. The van der Waals surface area contributed by atoms with E-state index in [1.54, 1.807) is 0 Å². The third-order valence-corrected chi connectivity index (χ3v) is 2.72. The second-order valence-electron chi connectivity index (χ2n) is 3.92. The zero-order valence-electron chi connectivity index (χ0n) is 7.60. The van der Waals surface area contributed by atoms with Crippen LogP contribution >= 0.6 is 0 Å². The van der Waals surface area contributed by atoms with Gasteiger partial charge in [0.25, 0.3) is 0 Å². The molecule has 66 valence electrons. The van der Waals surface area contributed by atoms with Gasteiger partial charge in [-0.3, -0.25) is 0 Å². The van der Waals surface area contributed by atoms with Gasteiger partial charge in [-0.1, -0.05) is 19.4 Å². The second kappa shape index (κ2) is 2.61. The third-order valence-electron chi connectivity index (χ3n) is 2.72. The fourth-order valence-electron chi connectivity index (χ4n) is 1.99. The first kappa shape index (κ1) is 7.84. The molecule has 1 fully saturated rings. The van der Waals surface area contributed by atoms with Crippen LogP contribution in [0.3, 0.4) is 0 Å². The summed E-state index contributed by atoms with van der Waals surface area (Å²) in [4.78, 5) is 4.61. The number of ether oxygens (including phenoxy) is 1. The maximum atomic E-state index is 5.50. The van der Waals surface area contributed by atoms with Crippen molar-refractivity contribution in [2.24, 2.45) is 4.99 Å². The van der Waals surface area contributed by atoms with E-state index in [2.05, 4.69) is 11.6 Å². The lowest BCUT2D eigenvalue weighted by atomic mass is 10.0. The molecule has 2 rings (SSSR count). The van der Waals surface area contributed by atoms with Gasteiger partial charge < -0.3 is 4.74 Å². The van der Waals surface area contributed by atoms with Crippen molar-refractivity contribution in [1.82, 2.24) is 0 Å². The Morgan fingerprint density at radius 2 is 2.17 bits per heavy atom. The lowest BCUT2D eigenvalue weighted by molar-refractivity contribution is 0.257. The highest BCUT2D eigenvalue weighted by Gasteiger charge is 2.39. The first-order valence-corrected chi connectivity index (χ1v) is 4.60.